The van der Waals surface area contributed by atoms with Gasteiger partial charge in [-0.05, 0) is 31.0 Å². The first-order valence-electron chi connectivity index (χ1n) is 8.88. The van der Waals surface area contributed by atoms with Crippen molar-refractivity contribution < 1.29 is 9.13 Å². The van der Waals surface area contributed by atoms with Crippen LogP contribution in [0, 0.1) is 5.82 Å². The summed E-state index contributed by atoms with van der Waals surface area (Å²) in [5.74, 6) is 2.20. The van der Waals surface area contributed by atoms with Crippen molar-refractivity contribution in [3.05, 3.63) is 47.3 Å². The van der Waals surface area contributed by atoms with Gasteiger partial charge in [0, 0.05) is 26.1 Å². The summed E-state index contributed by atoms with van der Waals surface area (Å²) < 4.78 is 20.3. The molecule has 8 heteroatoms. The minimum Gasteiger partial charge on any atom is -0.377 e. The smallest absolute Gasteiger partial charge is 0.191 e. The number of aliphatic imine (C=N–C) groups is 1. The molecule has 0 spiro atoms. The molecule has 1 unspecified atom stereocenters. The fourth-order valence-corrected chi connectivity index (χ4v) is 2.99. The van der Waals surface area contributed by atoms with E-state index in [-0.39, 0.29) is 11.9 Å². The number of hydrogen-bond acceptors (Lipinski definition) is 4. The van der Waals surface area contributed by atoms with Crippen LogP contribution in [0.4, 0.5) is 4.39 Å². The molecule has 0 saturated heterocycles. The topological polar surface area (TPSA) is 76.4 Å². The molecule has 0 saturated carbocycles. The van der Waals surface area contributed by atoms with Gasteiger partial charge in [0.15, 0.2) is 11.8 Å². The zero-order chi connectivity index (χ0) is 18.4. The summed E-state index contributed by atoms with van der Waals surface area (Å²) >= 11 is 0. The van der Waals surface area contributed by atoms with Crippen molar-refractivity contribution in [2.75, 3.05) is 13.7 Å². The van der Waals surface area contributed by atoms with Crippen LogP contribution in [0.2, 0.25) is 0 Å². The zero-order valence-corrected chi connectivity index (χ0v) is 15.2. The summed E-state index contributed by atoms with van der Waals surface area (Å²) in [6, 6.07) is 6.73. The number of aryl methyl sites for hydroxylation is 1. The Morgan fingerprint density at radius 3 is 3.12 bits per heavy atom. The maximum absolute atomic E-state index is 13.3. The standard InChI is InChI=1S/C18H25FN6O/c1-3-20-18(21-10-13-5-4-6-14(19)9-13)22-15-7-8-17-23-16(12-26-2)24-25(17)11-15/h4-6,9,15H,3,7-8,10-12H2,1-2H3,(H2,20,21,22). The molecule has 0 fully saturated rings. The minimum atomic E-state index is -0.242. The largest absolute Gasteiger partial charge is 0.377 e. The second-order valence-electron chi connectivity index (χ2n) is 6.26. The van der Waals surface area contributed by atoms with Crippen LogP contribution < -0.4 is 10.6 Å². The van der Waals surface area contributed by atoms with Gasteiger partial charge in [-0.15, -0.1) is 0 Å². The van der Waals surface area contributed by atoms with Crippen molar-refractivity contribution in [1.29, 1.82) is 0 Å². The fourth-order valence-electron chi connectivity index (χ4n) is 2.99. The van der Waals surface area contributed by atoms with Crippen molar-refractivity contribution in [3.8, 4) is 0 Å². The molecule has 0 bridgehead atoms. The molecular weight excluding hydrogens is 335 g/mol. The number of methoxy groups -OCH3 is 1. The summed E-state index contributed by atoms with van der Waals surface area (Å²) in [5.41, 5.74) is 0.841. The second kappa shape index (κ2) is 8.75. The summed E-state index contributed by atoms with van der Waals surface area (Å²) in [5, 5.41) is 11.2. The van der Waals surface area contributed by atoms with Gasteiger partial charge in [0.2, 0.25) is 0 Å². The van der Waals surface area contributed by atoms with E-state index in [2.05, 4.69) is 25.7 Å². The van der Waals surface area contributed by atoms with E-state index < -0.39 is 0 Å². The lowest BCUT2D eigenvalue weighted by molar-refractivity contribution is 0.177. The quantitative estimate of drug-likeness (QED) is 0.605. The van der Waals surface area contributed by atoms with E-state index in [0.29, 0.717) is 13.2 Å². The highest BCUT2D eigenvalue weighted by Gasteiger charge is 2.22. The number of halogens is 1. The molecule has 1 atom stereocenters. The lowest BCUT2D eigenvalue weighted by atomic mass is 10.1. The molecule has 1 aromatic carbocycles. The Hall–Kier alpha value is -2.48. The molecule has 1 aliphatic rings. The number of guanidine groups is 1. The van der Waals surface area contributed by atoms with E-state index in [1.807, 2.05) is 17.7 Å². The molecule has 7 nitrogen and oxygen atoms in total. The van der Waals surface area contributed by atoms with Crippen LogP contribution in [-0.2, 0) is 30.9 Å². The van der Waals surface area contributed by atoms with Crippen molar-refractivity contribution in [2.45, 2.75) is 45.5 Å². The van der Waals surface area contributed by atoms with Gasteiger partial charge in [-0.1, -0.05) is 12.1 Å². The number of benzene rings is 1. The maximum Gasteiger partial charge on any atom is 0.191 e. The maximum atomic E-state index is 13.3. The first kappa shape index (κ1) is 18.3. The number of nitrogens with one attached hydrogen (secondary N) is 2. The van der Waals surface area contributed by atoms with E-state index in [1.165, 1.54) is 12.1 Å². The number of ether oxygens (including phenoxy) is 1. The van der Waals surface area contributed by atoms with E-state index in [9.17, 15) is 4.39 Å². The first-order chi connectivity index (χ1) is 12.7. The number of hydrogen-bond donors (Lipinski definition) is 2. The van der Waals surface area contributed by atoms with E-state index in [1.54, 1.807) is 13.2 Å². The third-order valence-corrected chi connectivity index (χ3v) is 4.17. The number of aromatic nitrogens is 3. The van der Waals surface area contributed by atoms with Crippen LogP contribution in [0.3, 0.4) is 0 Å². The van der Waals surface area contributed by atoms with Crippen molar-refractivity contribution in [1.82, 2.24) is 25.4 Å². The average molecular weight is 360 g/mol. The van der Waals surface area contributed by atoms with Gasteiger partial charge < -0.3 is 15.4 Å². The monoisotopic (exact) mass is 360 g/mol. The highest BCUT2D eigenvalue weighted by molar-refractivity contribution is 5.80. The number of rotatable bonds is 6. The predicted octanol–water partition coefficient (Wildman–Crippen LogP) is 1.63. The van der Waals surface area contributed by atoms with Gasteiger partial charge >= 0.3 is 0 Å². The predicted molar refractivity (Wildman–Crippen MR) is 97.2 cm³/mol. The first-order valence-corrected chi connectivity index (χ1v) is 8.88. The lowest BCUT2D eigenvalue weighted by Crippen LogP contribution is -2.47. The van der Waals surface area contributed by atoms with Gasteiger partial charge in [-0.2, -0.15) is 5.10 Å². The minimum absolute atomic E-state index is 0.213. The van der Waals surface area contributed by atoms with Crippen molar-refractivity contribution in [2.24, 2.45) is 4.99 Å². The van der Waals surface area contributed by atoms with Gasteiger partial charge in [-0.25, -0.2) is 19.0 Å². The second-order valence-corrected chi connectivity index (χ2v) is 6.26. The van der Waals surface area contributed by atoms with E-state index in [4.69, 9.17) is 4.74 Å². The van der Waals surface area contributed by atoms with Gasteiger partial charge in [0.25, 0.3) is 0 Å². The van der Waals surface area contributed by atoms with Gasteiger partial charge in [0.1, 0.15) is 18.2 Å². The van der Waals surface area contributed by atoms with Crippen LogP contribution in [0.25, 0.3) is 0 Å². The van der Waals surface area contributed by atoms with Crippen LogP contribution in [0.15, 0.2) is 29.3 Å². The average Bonchev–Trinajstić information content (AvgIpc) is 3.02. The highest BCUT2D eigenvalue weighted by Crippen LogP contribution is 2.13. The third kappa shape index (κ3) is 4.78. The SMILES string of the molecule is CCNC(=NCc1cccc(F)c1)NC1CCc2nc(COC)nn2C1. The van der Waals surface area contributed by atoms with E-state index in [0.717, 1.165) is 49.1 Å². The Labute approximate surface area is 152 Å². The summed E-state index contributed by atoms with van der Waals surface area (Å²) in [7, 11) is 1.64. The Morgan fingerprint density at radius 2 is 2.35 bits per heavy atom. The molecule has 0 aliphatic carbocycles. The molecule has 2 heterocycles. The molecule has 2 N–H and O–H groups in total. The van der Waals surface area contributed by atoms with Gasteiger partial charge in [-0.3, -0.25) is 0 Å². The van der Waals surface area contributed by atoms with Gasteiger partial charge in [0.05, 0.1) is 13.1 Å². The van der Waals surface area contributed by atoms with Crippen LogP contribution in [0.1, 0.15) is 30.6 Å². The molecule has 0 amide bonds. The Kier molecular flexibility index (Phi) is 6.17. The molecule has 3 rings (SSSR count). The summed E-state index contributed by atoms with van der Waals surface area (Å²) in [6.45, 7) is 4.36. The van der Waals surface area contributed by atoms with Crippen LogP contribution in [0.5, 0.6) is 0 Å². The normalized spacial score (nSPS) is 17.0. The van der Waals surface area contributed by atoms with Crippen molar-refractivity contribution in [3.63, 3.8) is 0 Å². The highest BCUT2D eigenvalue weighted by atomic mass is 19.1. The Morgan fingerprint density at radius 1 is 1.46 bits per heavy atom. The van der Waals surface area contributed by atoms with Crippen LogP contribution in [-0.4, -0.2) is 40.4 Å². The number of nitrogens with zero attached hydrogens (tertiary/aromatic N) is 4. The summed E-state index contributed by atoms with van der Waals surface area (Å²) in [6.07, 6.45) is 1.81. The zero-order valence-electron chi connectivity index (χ0n) is 15.2. The molecule has 26 heavy (non-hydrogen) atoms. The Bertz CT molecular complexity index is 760. The molecule has 140 valence electrons. The summed E-state index contributed by atoms with van der Waals surface area (Å²) in [4.78, 5) is 9.06. The fraction of sp³-hybridized carbons (Fsp3) is 0.500. The Balaban J connectivity index is 1.63. The van der Waals surface area contributed by atoms with E-state index >= 15 is 0 Å². The molecule has 1 aromatic heterocycles. The lowest BCUT2D eigenvalue weighted by Gasteiger charge is -2.25. The third-order valence-electron chi connectivity index (χ3n) is 4.17. The molecular formula is C18H25FN6O. The molecule has 1 aliphatic heterocycles. The van der Waals surface area contributed by atoms with Crippen molar-refractivity contribution >= 4 is 5.96 Å². The van der Waals surface area contributed by atoms with Crippen LogP contribution >= 0.6 is 0 Å². The number of fused-ring (bicyclic) bond motifs is 1. The molecule has 2 aromatic rings. The molecule has 0 radical (unpaired) electrons.